The third kappa shape index (κ3) is 256. The van der Waals surface area contributed by atoms with Gasteiger partial charge in [-0.3, -0.25) is 0 Å². The van der Waals surface area contributed by atoms with E-state index < -0.39 is 0 Å². The molecule has 0 aliphatic heterocycles. The second-order valence-corrected chi connectivity index (χ2v) is 0. The summed E-state index contributed by atoms with van der Waals surface area (Å²) in [5, 5.41) is 0. The maximum Gasteiger partial charge on any atom is 3.00 e. The van der Waals surface area contributed by atoms with E-state index in [1.165, 1.54) is 0 Å². The summed E-state index contributed by atoms with van der Waals surface area (Å²) in [7, 11) is 0. The summed E-state index contributed by atoms with van der Waals surface area (Å²) in [5.74, 6) is 0. The molecule has 0 aliphatic rings. The summed E-state index contributed by atoms with van der Waals surface area (Å²) >= 11 is 0. The summed E-state index contributed by atoms with van der Waals surface area (Å²) in [4.78, 5) is 0. The van der Waals surface area contributed by atoms with E-state index in [2.05, 4.69) is 0 Å². The van der Waals surface area contributed by atoms with Gasteiger partial charge in [-0.1, -0.05) is 0 Å². The molecule has 0 rings (SSSR count). The van der Waals surface area contributed by atoms with Crippen molar-refractivity contribution in [1.29, 1.82) is 0 Å². The van der Waals surface area contributed by atoms with Crippen LogP contribution in [0.1, 0.15) is 0 Å². The van der Waals surface area contributed by atoms with Gasteiger partial charge in [0.1, 0.15) is 0 Å². The topological polar surface area (TPSA) is 244 Å². The molecule has 0 spiro atoms. The van der Waals surface area contributed by atoms with Crippen molar-refractivity contribution in [2.24, 2.45) is 0 Å². The van der Waals surface area contributed by atoms with Crippen molar-refractivity contribution in [3.05, 3.63) is 49.2 Å². The van der Waals surface area contributed by atoms with Crippen molar-refractivity contribution in [1.82, 2.24) is 0 Å². The Hall–Kier alpha value is 5.76. The Bertz CT molecular complexity index is 31.2. The van der Waals surface area contributed by atoms with Crippen LogP contribution in [0.2, 0.25) is 0 Å². The molecule has 0 saturated heterocycles. The van der Waals surface area contributed by atoms with Crippen LogP contribution in [0.5, 0.6) is 0 Å². The molecule has 17 heavy (non-hydrogen) atoms. The summed E-state index contributed by atoms with van der Waals surface area (Å²) < 4.78 is 0. The molecule has 0 aromatic heterocycles. The van der Waals surface area contributed by atoms with Crippen LogP contribution in [-0.4, -0.2) is 130 Å². The molecule has 64 valence electrons. The SMILES string of the molecule is [Al+3].[Al+3].[Al+3].[In+3].[In+3].[In+3].[N-3].[N-3].[N-3].[N-3].[N-3].[N-3].[N-3].[N-3].[Zn+2].[Zn+2].[Zn+2]. The van der Waals surface area contributed by atoms with Gasteiger partial charge in [-0.15, -0.1) is 0 Å². The molecule has 0 radical (unpaired) electrons. The molecule has 0 aromatic rings. The molecule has 0 amide bonds. The third-order valence-corrected chi connectivity index (χ3v) is 0. The van der Waals surface area contributed by atoms with Gasteiger partial charge >= 0.3 is 188 Å². The molecule has 0 unspecified atom stereocenters. The largest absolute Gasteiger partial charge is 3.00 e. The van der Waals surface area contributed by atoms with E-state index in [1.54, 1.807) is 0 Å². The molecule has 0 N–H and O–H groups in total. The molecular weight excluding hydrogens is 734 g/mol. The van der Waals surface area contributed by atoms with E-state index in [4.69, 9.17) is 0 Å². The summed E-state index contributed by atoms with van der Waals surface area (Å²) in [5.41, 5.74) is 0. The fourth-order valence-electron chi connectivity index (χ4n) is 0. The van der Waals surface area contributed by atoms with E-state index in [-0.39, 0.29) is 237 Å². The van der Waals surface area contributed by atoms with Crippen molar-refractivity contribution in [2.45, 2.75) is 0 Å². The molecule has 0 aromatic carbocycles. The van der Waals surface area contributed by atoms with Gasteiger partial charge in [-0.2, -0.15) is 0 Å². The number of rotatable bonds is 0. The third-order valence-electron chi connectivity index (χ3n) is 0. The average molecular weight is 734 g/mol. The molecule has 0 heterocycles. The van der Waals surface area contributed by atoms with Crippen molar-refractivity contribution >= 4 is 130 Å². The van der Waals surface area contributed by atoms with Gasteiger partial charge in [0.05, 0.1) is 0 Å². The second-order valence-electron chi connectivity index (χ2n) is 0. The standard InChI is InChI=1S/3Al.3In.8N.3Zn/q6*+3;8*-3;3*+2. The van der Waals surface area contributed by atoms with Gasteiger partial charge in [-0.05, 0) is 0 Å². The number of hydrogen-bond donors (Lipinski definition) is 0. The number of nitrogens with zero attached hydrogens (tertiary/aromatic N) is 8. The van der Waals surface area contributed by atoms with Gasteiger partial charge in [-0.25, -0.2) is 0 Å². The van der Waals surface area contributed by atoms with Gasteiger partial charge < -0.3 is 49.2 Å². The van der Waals surface area contributed by atoms with Gasteiger partial charge in [0, 0.05) is 0 Å². The smallest absolute Gasteiger partial charge is 3.00 e. The molecule has 0 aliphatic carbocycles. The van der Waals surface area contributed by atoms with E-state index in [0.717, 1.165) is 0 Å². The molecule has 0 saturated carbocycles. The van der Waals surface area contributed by atoms with Gasteiger partial charge in [0.25, 0.3) is 0 Å². The first kappa shape index (κ1) is 325. The van der Waals surface area contributed by atoms with E-state index >= 15 is 0 Å². The fourth-order valence-corrected chi connectivity index (χ4v) is 0. The van der Waals surface area contributed by atoms with Crippen LogP contribution in [0.4, 0.5) is 0 Å². The average Bonchev–Trinajstić information content (AvgIpc) is 0. The van der Waals surface area contributed by atoms with Crippen LogP contribution in [-0.2, 0) is 58.4 Å². The Morgan fingerprint density at radius 1 is 0.235 bits per heavy atom. The molecule has 8 nitrogen and oxygen atoms in total. The minimum absolute atomic E-state index is 0. The molecular formula is Al3In3N8Zn3. The van der Waals surface area contributed by atoms with Crippen LogP contribution in [0.25, 0.3) is 49.2 Å². The zero-order valence-electron chi connectivity index (χ0n) is 9.16. The fraction of sp³-hybridized carbons (Fsp3) is 0. The first-order valence-electron chi connectivity index (χ1n) is 0. The number of hydrogen-bond acceptors (Lipinski definition) is 0. The normalized spacial score (nSPS) is 0. The Morgan fingerprint density at radius 3 is 0.235 bits per heavy atom. The Morgan fingerprint density at radius 2 is 0.235 bits per heavy atom. The van der Waals surface area contributed by atoms with E-state index in [0.29, 0.717) is 0 Å². The monoisotopic (exact) mass is 729 g/mol. The summed E-state index contributed by atoms with van der Waals surface area (Å²) in [6.07, 6.45) is 0. The first-order valence-corrected chi connectivity index (χ1v) is 0. The first-order chi connectivity index (χ1) is 0. The molecule has 17 heteroatoms. The quantitative estimate of drug-likeness (QED) is 0.299. The summed E-state index contributed by atoms with van der Waals surface area (Å²) in [6, 6.07) is 0. The molecule has 0 atom stereocenters. The Labute approximate surface area is 232 Å². The van der Waals surface area contributed by atoms with Crippen molar-refractivity contribution in [3.63, 3.8) is 0 Å². The van der Waals surface area contributed by atoms with E-state index in [1.807, 2.05) is 0 Å². The van der Waals surface area contributed by atoms with Crippen molar-refractivity contribution < 1.29 is 58.4 Å². The van der Waals surface area contributed by atoms with Crippen molar-refractivity contribution in [2.75, 3.05) is 0 Å². The predicted molar refractivity (Wildman–Crippen MR) is 61.4 cm³/mol. The maximum absolute atomic E-state index is 0. The van der Waals surface area contributed by atoms with Crippen LogP contribution in [0, 0.1) is 0 Å². The van der Waals surface area contributed by atoms with Crippen LogP contribution in [0.3, 0.4) is 0 Å². The predicted octanol–water partition coefficient (Wildman–Crippen LogP) is 0.0173. The van der Waals surface area contributed by atoms with E-state index in [9.17, 15) is 0 Å². The maximum atomic E-state index is 0. The summed E-state index contributed by atoms with van der Waals surface area (Å²) in [6.45, 7) is 0. The Kier molecular flexibility index (Phi) is 5410. The van der Waals surface area contributed by atoms with Gasteiger partial charge in [0.2, 0.25) is 0 Å². The van der Waals surface area contributed by atoms with Crippen molar-refractivity contribution in [3.8, 4) is 0 Å². The second kappa shape index (κ2) is 283. The molecule has 0 bridgehead atoms. The van der Waals surface area contributed by atoms with Crippen LogP contribution in [0.15, 0.2) is 0 Å². The van der Waals surface area contributed by atoms with Crippen LogP contribution < -0.4 is 0 Å². The Balaban J connectivity index is 0. The molecule has 0 fully saturated rings. The minimum atomic E-state index is 0. The minimum Gasteiger partial charge on any atom is -3.00 e. The zero-order chi connectivity index (χ0) is 0. The van der Waals surface area contributed by atoms with Gasteiger partial charge in [0.15, 0.2) is 0 Å². The zero-order valence-corrected chi connectivity index (χ0v) is 31.4. The van der Waals surface area contributed by atoms with Crippen LogP contribution >= 0.6 is 0 Å².